The van der Waals surface area contributed by atoms with Crippen molar-refractivity contribution >= 4 is 11.9 Å². The Labute approximate surface area is 112 Å². The molecule has 100 valence electrons. The van der Waals surface area contributed by atoms with Gasteiger partial charge in [0.25, 0.3) is 0 Å². The van der Waals surface area contributed by atoms with Crippen LogP contribution in [0.4, 0.5) is 0 Å². The van der Waals surface area contributed by atoms with E-state index < -0.39 is 5.97 Å². The van der Waals surface area contributed by atoms with Crippen LogP contribution >= 0.6 is 0 Å². The minimum absolute atomic E-state index is 0.137. The molecule has 0 fully saturated rings. The van der Waals surface area contributed by atoms with Crippen LogP contribution in [0.1, 0.15) is 40.0 Å². The summed E-state index contributed by atoms with van der Waals surface area (Å²) in [5.41, 5.74) is 0.850. The van der Waals surface area contributed by atoms with E-state index in [-0.39, 0.29) is 12.1 Å². The molecule has 0 saturated carbocycles. The van der Waals surface area contributed by atoms with Gasteiger partial charge in [0.05, 0.1) is 18.2 Å². The molecule has 0 bridgehead atoms. The number of carbonyl (C=O) groups excluding carboxylic acids is 2. The zero-order valence-corrected chi connectivity index (χ0v) is 10.8. The lowest BCUT2D eigenvalue weighted by Crippen LogP contribution is -2.18. The quantitative estimate of drug-likeness (QED) is 0.619. The summed E-state index contributed by atoms with van der Waals surface area (Å²) in [4.78, 5) is 23.2. The van der Waals surface area contributed by atoms with Crippen LogP contribution in [0, 0.1) is 0 Å². The van der Waals surface area contributed by atoms with Gasteiger partial charge in [0.15, 0.2) is 0 Å². The second-order valence-electron chi connectivity index (χ2n) is 4.37. The first-order valence-corrected chi connectivity index (χ1v) is 6.26. The lowest BCUT2D eigenvalue weighted by molar-refractivity contribution is 0.0369. The van der Waals surface area contributed by atoms with E-state index in [4.69, 9.17) is 4.74 Å². The van der Waals surface area contributed by atoms with Crippen molar-refractivity contribution in [1.82, 2.24) is 0 Å². The second-order valence-corrected chi connectivity index (χ2v) is 4.37. The van der Waals surface area contributed by atoms with Gasteiger partial charge in [-0.1, -0.05) is 6.08 Å². The highest BCUT2D eigenvalue weighted by atomic mass is 16.5. The summed E-state index contributed by atoms with van der Waals surface area (Å²) in [7, 11) is 1.32. The van der Waals surface area contributed by atoms with Gasteiger partial charge in [-0.05, 0) is 49.6 Å². The number of methoxy groups -OCH3 is 1. The van der Waals surface area contributed by atoms with Crippen LogP contribution in [0.2, 0.25) is 0 Å². The molecule has 0 radical (unpaired) electrons. The SMILES string of the molecule is COC(=O)c1ccc(C(=O)OC2C=CCCC2)cc1. The van der Waals surface area contributed by atoms with Crippen molar-refractivity contribution in [3.63, 3.8) is 0 Å². The molecule has 1 unspecified atom stereocenters. The highest BCUT2D eigenvalue weighted by Gasteiger charge is 2.15. The number of esters is 2. The van der Waals surface area contributed by atoms with Gasteiger partial charge >= 0.3 is 11.9 Å². The summed E-state index contributed by atoms with van der Waals surface area (Å²) >= 11 is 0. The molecular formula is C15H16O4. The number of benzene rings is 1. The van der Waals surface area contributed by atoms with Crippen LogP contribution in [0.3, 0.4) is 0 Å². The van der Waals surface area contributed by atoms with Gasteiger partial charge in [-0.2, -0.15) is 0 Å². The second kappa shape index (κ2) is 6.18. The smallest absolute Gasteiger partial charge is 0.338 e. The van der Waals surface area contributed by atoms with Crippen molar-refractivity contribution in [3.05, 3.63) is 47.5 Å². The molecule has 1 aromatic carbocycles. The molecule has 1 aromatic rings. The van der Waals surface area contributed by atoms with E-state index in [1.165, 1.54) is 7.11 Å². The van der Waals surface area contributed by atoms with E-state index in [0.29, 0.717) is 11.1 Å². The van der Waals surface area contributed by atoms with Gasteiger partial charge in [-0.25, -0.2) is 9.59 Å². The molecule has 0 aromatic heterocycles. The molecular weight excluding hydrogens is 244 g/mol. The number of carbonyl (C=O) groups is 2. The first-order valence-electron chi connectivity index (χ1n) is 6.26. The summed E-state index contributed by atoms with van der Waals surface area (Å²) in [6.07, 6.45) is 6.76. The van der Waals surface area contributed by atoms with Gasteiger partial charge in [0, 0.05) is 0 Å². The standard InChI is InChI=1S/C15H16O4/c1-18-14(16)11-7-9-12(10-8-11)15(17)19-13-5-3-2-4-6-13/h3,5,7-10,13H,2,4,6H2,1H3. The van der Waals surface area contributed by atoms with Crippen molar-refractivity contribution in [2.45, 2.75) is 25.4 Å². The predicted octanol–water partition coefficient (Wildman–Crippen LogP) is 2.74. The monoisotopic (exact) mass is 260 g/mol. The van der Waals surface area contributed by atoms with E-state index >= 15 is 0 Å². The first kappa shape index (κ1) is 13.3. The number of hydrogen-bond acceptors (Lipinski definition) is 4. The van der Waals surface area contributed by atoms with Crippen LogP contribution in [0.25, 0.3) is 0 Å². The molecule has 1 aliphatic rings. The molecule has 0 amide bonds. The maximum atomic E-state index is 11.9. The Kier molecular flexibility index (Phi) is 4.34. The maximum absolute atomic E-state index is 11.9. The lowest BCUT2D eigenvalue weighted by atomic mass is 10.1. The Morgan fingerprint density at radius 3 is 2.26 bits per heavy atom. The van der Waals surface area contributed by atoms with E-state index in [9.17, 15) is 9.59 Å². The molecule has 19 heavy (non-hydrogen) atoms. The summed E-state index contributed by atoms with van der Waals surface area (Å²) < 4.78 is 9.96. The Morgan fingerprint density at radius 2 is 1.74 bits per heavy atom. The van der Waals surface area contributed by atoms with Gasteiger partial charge in [-0.15, -0.1) is 0 Å². The molecule has 4 heteroatoms. The maximum Gasteiger partial charge on any atom is 0.338 e. The van der Waals surface area contributed by atoms with E-state index in [1.807, 2.05) is 12.2 Å². The average molecular weight is 260 g/mol. The third-order valence-electron chi connectivity index (χ3n) is 3.01. The molecule has 1 aliphatic carbocycles. The minimum atomic E-state index is -0.421. The van der Waals surface area contributed by atoms with Crippen molar-refractivity contribution in [3.8, 4) is 0 Å². The molecule has 0 heterocycles. The predicted molar refractivity (Wildman–Crippen MR) is 70.0 cm³/mol. The molecule has 1 atom stereocenters. The van der Waals surface area contributed by atoms with E-state index in [0.717, 1.165) is 19.3 Å². The Hall–Kier alpha value is -2.10. The third-order valence-corrected chi connectivity index (χ3v) is 3.01. The summed E-state index contributed by atoms with van der Waals surface area (Å²) in [6, 6.07) is 6.25. The normalized spacial score (nSPS) is 17.8. The van der Waals surface area contributed by atoms with Crippen LogP contribution in [-0.2, 0) is 9.47 Å². The number of rotatable bonds is 3. The van der Waals surface area contributed by atoms with Crippen LogP contribution in [0.15, 0.2) is 36.4 Å². The van der Waals surface area contributed by atoms with Crippen LogP contribution in [-0.4, -0.2) is 25.2 Å². The van der Waals surface area contributed by atoms with Gasteiger partial charge in [-0.3, -0.25) is 0 Å². The first-order chi connectivity index (χ1) is 9.20. The fourth-order valence-electron chi connectivity index (χ4n) is 1.95. The average Bonchev–Trinajstić information content (AvgIpc) is 2.47. The van der Waals surface area contributed by atoms with Gasteiger partial charge < -0.3 is 9.47 Å². The van der Waals surface area contributed by atoms with Crippen molar-refractivity contribution < 1.29 is 19.1 Å². The zero-order valence-electron chi connectivity index (χ0n) is 10.8. The Morgan fingerprint density at radius 1 is 1.11 bits per heavy atom. The minimum Gasteiger partial charge on any atom is -0.465 e. The summed E-state index contributed by atoms with van der Waals surface area (Å²) in [5, 5.41) is 0. The fourth-order valence-corrected chi connectivity index (χ4v) is 1.95. The van der Waals surface area contributed by atoms with Crippen molar-refractivity contribution in [2.24, 2.45) is 0 Å². The molecule has 4 nitrogen and oxygen atoms in total. The van der Waals surface area contributed by atoms with Crippen LogP contribution in [0.5, 0.6) is 0 Å². The zero-order chi connectivity index (χ0) is 13.7. The van der Waals surface area contributed by atoms with Gasteiger partial charge in [0.1, 0.15) is 6.10 Å². The largest absolute Gasteiger partial charge is 0.465 e. The molecule has 2 rings (SSSR count). The summed E-state index contributed by atoms with van der Waals surface area (Å²) in [5.74, 6) is -0.789. The number of allylic oxidation sites excluding steroid dienone is 1. The highest BCUT2D eigenvalue weighted by molar-refractivity contribution is 5.93. The topological polar surface area (TPSA) is 52.6 Å². The Bertz CT molecular complexity index is 487. The van der Waals surface area contributed by atoms with Crippen molar-refractivity contribution in [2.75, 3.05) is 7.11 Å². The Balaban J connectivity index is 2.01. The summed E-state index contributed by atoms with van der Waals surface area (Å²) in [6.45, 7) is 0. The molecule has 0 aliphatic heterocycles. The van der Waals surface area contributed by atoms with Crippen LogP contribution < -0.4 is 0 Å². The van der Waals surface area contributed by atoms with E-state index in [2.05, 4.69) is 4.74 Å². The molecule has 0 saturated heterocycles. The fraction of sp³-hybridized carbons (Fsp3) is 0.333. The highest BCUT2D eigenvalue weighted by Crippen LogP contribution is 2.16. The van der Waals surface area contributed by atoms with Crippen molar-refractivity contribution in [1.29, 1.82) is 0 Å². The molecule has 0 spiro atoms. The number of ether oxygens (including phenoxy) is 2. The third kappa shape index (κ3) is 3.44. The van der Waals surface area contributed by atoms with E-state index in [1.54, 1.807) is 24.3 Å². The van der Waals surface area contributed by atoms with Gasteiger partial charge in [0.2, 0.25) is 0 Å². The molecule has 0 N–H and O–H groups in total. The number of hydrogen-bond donors (Lipinski definition) is 0. The lowest BCUT2D eigenvalue weighted by Gasteiger charge is -2.17.